The molecule has 0 aromatic heterocycles. The molecule has 1 aliphatic rings. The summed E-state index contributed by atoms with van der Waals surface area (Å²) in [4.78, 5) is 2.34. The smallest absolute Gasteiger partial charge is 0.0861 e. The van der Waals surface area contributed by atoms with Crippen molar-refractivity contribution < 1.29 is 0 Å². The highest BCUT2D eigenvalue weighted by Gasteiger charge is 2.22. The average Bonchev–Trinajstić information content (AvgIpc) is 2.52. The van der Waals surface area contributed by atoms with Crippen LogP contribution >= 0.6 is 15.9 Å². The van der Waals surface area contributed by atoms with Gasteiger partial charge in [0.25, 0.3) is 0 Å². The summed E-state index contributed by atoms with van der Waals surface area (Å²) in [5.74, 6) is 0. The number of aryl methyl sites for hydroxylation is 1. The maximum atomic E-state index is 3.49. The van der Waals surface area contributed by atoms with Crippen LogP contribution < -0.4 is 5.32 Å². The van der Waals surface area contributed by atoms with Gasteiger partial charge in [0.15, 0.2) is 0 Å². The van der Waals surface area contributed by atoms with Gasteiger partial charge in [-0.3, -0.25) is 10.2 Å². The van der Waals surface area contributed by atoms with Gasteiger partial charge in [0.1, 0.15) is 0 Å². The van der Waals surface area contributed by atoms with Crippen LogP contribution in [0.3, 0.4) is 0 Å². The molecule has 3 heteroatoms. The number of halogens is 1. The highest BCUT2D eigenvalue weighted by Crippen LogP contribution is 2.25. The molecule has 0 aliphatic carbocycles. The summed E-state index contributed by atoms with van der Waals surface area (Å²) in [5.41, 5.74) is 2.72. The maximum Gasteiger partial charge on any atom is 0.0861 e. The van der Waals surface area contributed by atoms with Gasteiger partial charge in [-0.25, -0.2) is 0 Å². The first-order valence-corrected chi connectivity index (χ1v) is 5.67. The zero-order valence-corrected chi connectivity index (χ0v) is 10.1. The number of nitrogens with one attached hydrogen (secondary N) is 1. The van der Waals surface area contributed by atoms with E-state index < -0.39 is 0 Å². The summed E-state index contributed by atoms with van der Waals surface area (Å²) >= 11 is 3.49. The van der Waals surface area contributed by atoms with Crippen molar-refractivity contribution in [3.8, 4) is 0 Å². The first-order valence-electron chi connectivity index (χ1n) is 4.88. The molecule has 1 aliphatic heterocycles. The summed E-state index contributed by atoms with van der Waals surface area (Å²) in [7, 11) is 2.16. The predicted octanol–water partition coefficient (Wildman–Crippen LogP) is 2.29. The first kappa shape index (κ1) is 10.1. The minimum absolute atomic E-state index is 0.392. The van der Waals surface area contributed by atoms with Gasteiger partial charge >= 0.3 is 0 Å². The van der Waals surface area contributed by atoms with E-state index in [9.17, 15) is 0 Å². The van der Waals surface area contributed by atoms with Gasteiger partial charge in [0.2, 0.25) is 0 Å². The predicted molar refractivity (Wildman–Crippen MR) is 62.3 cm³/mol. The summed E-state index contributed by atoms with van der Waals surface area (Å²) in [5, 5.41) is 3.49. The molecular weight excluding hydrogens is 240 g/mol. The Morgan fingerprint density at radius 2 is 2.29 bits per heavy atom. The van der Waals surface area contributed by atoms with Crippen LogP contribution in [0.1, 0.15) is 17.3 Å². The third-order valence-electron chi connectivity index (χ3n) is 2.77. The molecule has 0 radical (unpaired) electrons. The molecule has 14 heavy (non-hydrogen) atoms. The van der Waals surface area contributed by atoms with Crippen molar-refractivity contribution in [2.24, 2.45) is 0 Å². The quantitative estimate of drug-likeness (QED) is 0.828. The van der Waals surface area contributed by atoms with Crippen LogP contribution in [-0.2, 0) is 0 Å². The van der Waals surface area contributed by atoms with Gasteiger partial charge < -0.3 is 0 Å². The van der Waals surface area contributed by atoms with E-state index in [-0.39, 0.29) is 0 Å². The molecule has 1 saturated heterocycles. The zero-order valence-electron chi connectivity index (χ0n) is 8.55. The monoisotopic (exact) mass is 254 g/mol. The topological polar surface area (TPSA) is 15.3 Å². The summed E-state index contributed by atoms with van der Waals surface area (Å²) < 4.78 is 1.15. The molecule has 1 N–H and O–H groups in total. The van der Waals surface area contributed by atoms with Crippen LogP contribution in [-0.4, -0.2) is 25.0 Å². The highest BCUT2D eigenvalue weighted by atomic mass is 79.9. The fourth-order valence-corrected chi connectivity index (χ4v) is 2.43. The Labute approximate surface area is 93.4 Å². The average molecular weight is 255 g/mol. The van der Waals surface area contributed by atoms with E-state index in [1.165, 1.54) is 11.1 Å². The molecule has 1 fully saturated rings. The number of hydrogen-bond acceptors (Lipinski definition) is 2. The van der Waals surface area contributed by atoms with Gasteiger partial charge in [0, 0.05) is 17.6 Å². The summed E-state index contributed by atoms with van der Waals surface area (Å²) in [6.07, 6.45) is 0.392. The first-order chi connectivity index (χ1) is 6.68. The molecule has 0 bridgehead atoms. The molecule has 0 spiro atoms. The molecule has 1 aromatic carbocycles. The summed E-state index contributed by atoms with van der Waals surface area (Å²) in [6.45, 7) is 4.37. The Morgan fingerprint density at radius 3 is 2.86 bits per heavy atom. The van der Waals surface area contributed by atoms with Gasteiger partial charge in [-0.15, -0.1) is 0 Å². The number of hydrogen-bond donors (Lipinski definition) is 1. The van der Waals surface area contributed by atoms with E-state index >= 15 is 0 Å². The fraction of sp³-hybridized carbons (Fsp3) is 0.455. The maximum absolute atomic E-state index is 3.49. The van der Waals surface area contributed by atoms with Crippen LogP contribution in [0.15, 0.2) is 22.7 Å². The van der Waals surface area contributed by atoms with Crippen LogP contribution in [0.5, 0.6) is 0 Å². The second kappa shape index (κ2) is 4.01. The molecule has 2 nitrogen and oxygen atoms in total. The van der Waals surface area contributed by atoms with Crippen molar-refractivity contribution in [2.45, 2.75) is 13.1 Å². The van der Waals surface area contributed by atoms with E-state index in [0.29, 0.717) is 6.17 Å². The van der Waals surface area contributed by atoms with E-state index in [1.807, 2.05) is 0 Å². The van der Waals surface area contributed by atoms with Crippen LogP contribution in [0.2, 0.25) is 0 Å². The van der Waals surface area contributed by atoms with Gasteiger partial charge in [0.05, 0.1) is 6.17 Å². The third kappa shape index (κ3) is 1.85. The molecular formula is C11H15BrN2. The Morgan fingerprint density at radius 1 is 1.50 bits per heavy atom. The van der Waals surface area contributed by atoms with E-state index in [1.54, 1.807) is 0 Å². The zero-order chi connectivity index (χ0) is 10.1. The van der Waals surface area contributed by atoms with Gasteiger partial charge in [-0.05, 0) is 37.2 Å². The second-order valence-electron chi connectivity index (χ2n) is 3.84. The third-order valence-corrected chi connectivity index (χ3v) is 3.26. The van der Waals surface area contributed by atoms with Crippen LogP contribution in [0, 0.1) is 6.92 Å². The SMILES string of the molecule is Cc1cc(Br)ccc1C1NCCN1C. The number of benzene rings is 1. The van der Waals surface area contributed by atoms with Crippen molar-refractivity contribution in [3.63, 3.8) is 0 Å². The largest absolute Gasteiger partial charge is 0.297 e. The molecule has 1 heterocycles. The highest BCUT2D eigenvalue weighted by molar-refractivity contribution is 9.10. The normalized spacial score (nSPS) is 22.9. The van der Waals surface area contributed by atoms with Crippen molar-refractivity contribution in [2.75, 3.05) is 20.1 Å². The molecule has 1 atom stereocenters. The minimum Gasteiger partial charge on any atom is -0.297 e. The lowest BCUT2D eigenvalue weighted by molar-refractivity contribution is 0.300. The molecule has 0 saturated carbocycles. The molecule has 1 unspecified atom stereocenters. The Bertz CT molecular complexity index is 338. The Hall–Kier alpha value is -0.380. The van der Waals surface area contributed by atoms with E-state index in [2.05, 4.69) is 58.3 Å². The second-order valence-corrected chi connectivity index (χ2v) is 4.75. The van der Waals surface area contributed by atoms with Crippen LogP contribution in [0.4, 0.5) is 0 Å². The lowest BCUT2D eigenvalue weighted by atomic mass is 10.1. The van der Waals surface area contributed by atoms with Gasteiger partial charge in [-0.1, -0.05) is 22.0 Å². The van der Waals surface area contributed by atoms with Crippen molar-refractivity contribution >= 4 is 15.9 Å². The van der Waals surface area contributed by atoms with Crippen molar-refractivity contribution in [3.05, 3.63) is 33.8 Å². The Balaban J connectivity index is 2.31. The lowest BCUT2D eigenvalue weighted by Gasteiger charge is -2.21. The van der Waals surface area contributed by atoms with E-state index in [4.69, 9.17) is 0 Å². The van der Waals surface area contributed by atoms with Crippen LogP contribution in [0.25, 0.3) is 0 Å². The fourth-order valence-electron chi connectivity index (χ4n) is 1.96. The number of nitrogens with zero attached hydrogens (tertiary/aromatic N) is 1. The van der Waals surface area contributed by atoms with Crippen molar-refractivity contribution in [1.82, 2.24) is 10.2 Å². The van der Waals surface area contributed by atoms with Gasteiger partial charge in [-0.2, -0.15) is 0 Å². The lowest BCUT2D eigenvalue weighted by Crippen LogP contribution is -2.24. The Kier molecular flexibility index (Phi) is 2.91. The molecule has 2 rings (SSSR count). The van der Waals surface area contributed by atoms with E-state index in [0.717, 1.165) is 17.6 Å². The number of rotatable bonds is 1. The number of likely N-dealkylation sites (N-methyl/N-ethyl adjacent to an activating group) is 1. The standard InChI is InChI=1S/C11H15BrN2/c1-8-7-9(12)3-4-10(8)11-13-5-6-14(11)2/h3-4,7,11,13H,5-6H2,1-2H3. The summed E-state index contributed by atoms with van der Waals surface area (Å²) in [6, 6.07) is 6.47. The minimum atomic E-state index is 0.392. The molecule has 0 amide bonds. The molecule has 1 aromatic rings. The van der Waals surface area contributed by atoms with Crippen molar-refractivity contribution in [1.29, 1.82) is 0 Å². The molecule has 76 valence electrons.